The Labute approximate surface area is 220 Å². The van der Waals surface area contributed by atoms with Crippen LogP contribution >= 0.6 is 0 Å². The van der Waals surface area contributed by atoms with Gasteiger partial charge in [-0.3, -0.25) is 14.5 Å². The molecule has 11 heteroatoms. The number of rotatable bonds is 5. The van der Waals surface area contributed by atoms with Crippen LogP contribution in [0.1, 0.15) is 34.5 Å². The summed E-state index contributed by atoms with van der Waals surface area (Å²) in [6, 6.07) is 9.12. The number of hydrogen-bond acceptors (Lipinski definition) is 5. The Morgan fingerprint density at radius 3 is 2.58 bits per heavy atom. The Morgan fingerprint density at radius 2 is 1.87 bits per heavy atom. The van der Waals surface area contributed by atoms with Crippen molar-refractivity contribution in [3.63, 3.8) is 0 Å². The molecule has 4 radical (unpaired) electrons. The van der Waals surface area contributed by atoms with E-state index in [1.54, 1.807) is 36.1 Å². The number of hydrogen-bond donors (Lipinski definition) is 0. The number of benzene rings is 2. The molecule has 1 saturated heterocycles. The maximum absolute atomic E-state index is 15.4. The summed E-state index contributed by atoms with van der Waals surface area (Å²) >= 11 is 0. The van der Waals surface area contributed by atoms with Crippen molar-refractivity contribution in [1.29, 1.82) is 0 Å². The fourth-order valence-electron chi connectivity index (χ4n) is 5.12. The van der Waals surface area contributed by atoms with Crippen molar-refractivity contribution in [2.45, 2.75) is 30.8 Å². The zero-order valence-electron chi connectivity index (χ0n) is 20.7. The molecule has 0 bridgehead atoms. The molecule has 0 saturated carbocycles. The van der Waals surface area contributed by atoms with E-state index in [9.17, 15) is 4.79 Å². The van der Waals surface area contributed by atoms with Crippen LogP contribution in [0.3, 0.4) is 0 Å². The highest BCUT2D eigenvalue weighted by molar-refractivity contribution is 6.42. The molecule has 0 spiro atoms. The first-order valence-electron chi connectivity index (χ1n) is 12.3. The molecule has 1 fully saturated rings. The van der Waals surface area contributed by atoms with E-state index < -0.39 is 29.4 Å². The van der Waals surface area contributed by atoms with Crippen LogP contribution in [0.15, 0.2) is 48.8 Å². The molecule has 38 heavy (non-hydrogen) atoms. The summed E-state index contributed by atoms with van der Waals surface area (Å²) in [5, 5.41) is 3.43. The van der Waals surface area contributed by atoms with Gasteiger partial charge in [-0.2, -0.15) is 5.10 Å². The van der Waals surface area contributed by atoms with Gasteiger partial charge in [-0.15, -0.1) is 0 Å². The van der Waals surface area contributed by atoms with E-state index in [0.717, 1.165) is 17.7 Å². The van der Waals surface area contributed by atoms with Crippen molar-refractivity contribution in [2.24, 2.45) is 7.05 Å². The lowest BCUT2D eigenvalue weighted by molar-refractivity contribution is 0.0261. The Kier molecular flexibility index (Phi) is 5.98. The maximum atomic E-state index is 15.4. The van der Waals surface area contributed by atoms with Gasteiger partial charge in [0.1, 0.15) is 29.0 Å². The molecule has 2 aromatic heterocycles. The van der Waals surface area contributed by atoms with E-state index in [0.29, 0.717) is 41.0 Å². The lowest BCUT2D eigenvalue weighted by atomic mass is 9.59. The van der Waals surface area contributed by atoms with Crippen LogP contribution in [0.5, 0.6) is 5.75 Å². The summed E-state index contributed by atoms with van der Waals surface area (Å²) < 4.78 is 44.1. The van der Waals surface area contributed by atoms with Crippen molar-refractivity contribution in [1.82, 2.24) is 19.7 Å². The molecule has 2 aliphatic heterocycles. The highest BCUT2D eigenvalue weighted by Crippen LogP contribution is 2.38. The molecule has 2 aliphatic rings. The van der Waals surface area contributed by atoms with E-state index in [2.05, 4.69) is 10.1 Å². The minimum Gasteiger partial charge on any atom is -0.488 e. The molecule has 188 valence electrons. The molecule has 1 amide bonds. The number of carbonyl (C=O) groups is 1. The molecule has 4 aromatic rings. The summed E-state index contributed by atoms with van der Waals surface area (Å²) in [4.78, 5) is 18.0. The first-order chi connectivity index (χ1) is 18.2. The van der Waals surface area contributed by atoms with Gasteiger partial charge in [0.25, 0.3) is 5.91 Å². The largest absolute Gasteiger partial charge is 0.488 e. The van der Waals surface area contributed by atoms with Crippen LogP contribution < -0.4 is 4.74 Å². The Balaban J connectivity index is 1.34. The van der Waals surface area contributed by atoms with Gasteiger partial charge in [-0.25, -0.2) is 8.78 Å². The van der Waals surface area contributed by atoms with Crippen LogP contribution in [0.25, 0.3) is 22.0 Å². The summed E-state index contributed by atoms with van der Waals surface area (Å²) in [5.74, 6) is -1.59. The SMILES string of the molecule is [B]C1([B])c2ncccc2C(=O)N1Cc1c(F)cc(-c2ccc(OC3CCOCC3)c3nn(C)cc23)cc1F. The van der Waals surface area contributed by atoms with Crippen molar-refractivity contribution >= 4 is 32.5 Å². The molecule has 0 aliphatic carbocycles. The van der Waals surface area contributed by atoms with Gasteiger partial charge in [0.15, 0.2) is 0 Å². The zero-order valence-corrected chi connectivity index (χ0v) is 20.7. The molecule has 6 rings (SSSR count). The monoisotopic (exact) mass is 510 g/mol. The lowest BCUT2D eigenvalue weighted by Gasteiger charge is -2.33. The number of aromatic nitrogens is 3. The number of amides is 1. The number of halogens is 2. The van der Waals surface area contributed by atoms with Gasteiger partial charge in [-0.05, 0) is 47.5 Å². The van der Waals surface area contributed by atoms with Crippen molar-refractivity contribution in [3.05, 3.63) is 77.2 Å². The van der Waals surface area contributed by atoms with Gasteiger partial charge in [0.2, 0.25) is 0 Å². The smallest absolute Gasteiger partial charge is 0.255 e. The molecular weight excluding hydrogens is 488 g/mol. The second-order valence-electron chi connectivity index (χ2n) is 9.64. The zero-order chi connectivity index (χ0) is 26.6. The van der Waals surface area contributed by atoms with Crippen molar-refractivity contribution in [3.8, 4) is 16.9 Å². The average molecular weight is 510 g/mol. The average Bonchev–Trinajstić information content (AvgIpc) is 3.38. The van der Waals surface area contributed by atoms with Crippen molar-refractivity contribution in [2.75, 3.05) is 13.2 Å². The summed E-state index contributed by atoms with van der Waals surface area (Å²) in [7, 11) is 14.1. The van der Waals surface area contributed by atoms with Gasteiger partial charge >= 0.3 is 0 Å². The topological polar surface area (TPSA) is 69.5 Å². The minimum absolute atomic E-state index is 0.0147. The highest BCUT2D eigenvalue weighted by atomic mass is 19.1. The minimum atomic E-state index is -1.80. The molecule has 2 aromatic carbocycles. The van der Waals surface area contributed by atoms with Crippen LogP contribution in [0, 0.1) is 11.6 Å². The third-order valence-electron chi connectivity index (χ3n) is 7.09. The Hall–Kier alpha value is -3.72. The first-order valence-corrected chi connectivity index (χ1v) is 12.3. The van der Waals surface area contributed by atoms with Gasteiger partial charge < -0.3 is 14.4 Å². The number of nitrogens with zero attached hydrogens (tertiary/aromatic N) is 4. The number of ether oxygens (including phenoxy) is 2. The normalized spacial score (nSPS) is 17.2. The Morgan fingerprint density at radius 1 is 1.13 bits per heavy atom. The second-order valence-corrected chi connectivity index (χ2v) is 9.64. The van der Waals surface area contributed by atoms with Crippen LogP contribution in [-0.2, 0) is 23.7 Å². The third kappa shape index (κ3) is 4.05. The molecule has 0 N–H and O–H groups in total. The number of aryl methyl sites for hydroxylation is 1. The number of fused-ring (bicyclic) bond motifs is 2. The predicted octanol–water partition coefficient (Wildman–Crippen LogP) is 3.57. The van der Waals surface area contributed by atoms with Gasteiger partial charge in [-0.1, -0.05) is 0 Å². The molecule has 0 atom stereocenters. The van der Waals surface area contributed by atoms with Gasteiger partial charge in [0.05, 0.1) is 46.7 Å². The summed E-state index contributed by atoms with van der Waals surface area (Å²) in [5.41, 5.74) is 1.56. The van der Waals surface area contributed by atoms with Gasteiger partial charge in [0, 0.05) is 48.6 Å². The standard InChI is InChI=1S/C27H22B2F2N4O3/c1-34-13-19-17(4-5-23(24(19)33-34)38-16-6-9-37-10-7-16)15-11-21(30)20(22(31)12-15)14-35-26(36)18-3-2-8-32-25(18)27(35,28)29/h2-5,8,11-13,16H,6-7,9-10,14H2,1H3. The highest BCUT2D eigenvalue weighted by Gasteiger charge is 2.43. The second kappa shape index (κ2) is 9.23. The predicted molar refractivity (Wildman–Crippen MR) is 138 cm³/mol. The van der Waals surface area contributed by atoms with E-state index in [1.165, 1.54) is 24.4 Å². The first kappa shape index (κ1) is 24.6. The summed E-state index contributed by atoms with van der Waals surface area (Å²) in [6.45, 7) is 0.820. The van der Waals surface area contributed by atoms with E-state index in [4.69, 9.17) is 25.2 Å². The van der Waals surface area contributed by atoms with Crippen LogP contribution in [-0.4, -0.2) is 60.6 Å². The lowest BCUT2D eigenvalue weighted by Crippen LogP contribution is -2.45. The number of pyridine rings is 1. The molecule has 0 unspecified atom stereocenters. The fourth-order valence-corrected chi connectivity index (χ4v) is 5.12. The Bertz CT molecular complexity index is 1550. The number of carbonyl (C=O) groups excluding carboxylic acids is 1. The van der Waals surface area contributed by atoms with Crippen LogP contribution in [0.2, 0.25) is 0 Å². The van der Waals surface area contributed by atoms with E-state index >= 15 is 8.78 Å². The van der Waals surface area contributed by atoms with E-state index in [1.807, 2.05) is 0 Å². The van der Waals surface area contributed by atoms with Crippen molar-refractivity contribution < 1.29 is 23.0 Å². The maximum Gasteiger partial charge on any atom is 0.255 e. The van der Waals surface area contributed by atoms with E-state index in [-0.39, 0.29) is 22.9 Å². The third-order valence-corrected chi connectivity index (χ3v) is 7.09. The van der Waals surface area contributed by atoms with Crippen LogP contribution in [0.4, 0.5) is 8.78 Å². The molecule has 7 nitrogen and oxygen atoms in total. The molecule has 4 heterocycles. The quantitative estimate of drug-likeness (QED) is 0.385. The summed E-state index contributed by atoms with van der Waals surface area (Å²) in [6.07, 6.45) is 4.82. The fraction of sp³-hybridized carbons (Fsp3) is 0.296. The molecular formula is C27H22B2F2N4O3.